The van der Waals surface area contributed by atoms with Gasteiger partial charge >= 0.3 is 0 Å². The van der Waals surface area contributed by atoms with Crippen LogP contribution in [0.4, 0.5) is 11.5 Å². The van der Waals surface area contributed by atoms with Gasteiger partial charge in [0.1, 0.15) is 17.8 Å². The molecule has 0 fully saturated rings. The van der Waals surface area contributed by atoms with Crippen LogP contribution in [0.15, 0.2) is 36.9 Å². The number of anilines is 2. The maximum absolute atomic E-state index is 5.05. The third-order valence-corrected chi connectivity index (χ3v) is 5.38. The predicted molar refractivity (Wildman–Crippen MR) is 133 cm³/mol. The van der Waals surface area contributed by atoms with E-state index in [1.165, 1.54) is 0 Å². The van der Waals surface area contributed by atoms with Crippen LogP contribution < -0.4 is 10.2 Å². The van der Waals surface area contributed by atoms with Gasteiger partial charge in [0.25, 0.3) is 0 Å². The molecule has 32 heavy (non-hydrogen) atoms. The summed E-state index contributed by atoms with van der Waals surface area (Å²) in [5.74, 6) is 0.932. The summed E-state index contributed by atoms with van der Waals surface area (Å²) in [6.07, 6.45) is 4.78. The Morgan fingerprint density at radius 1 is 0.938 bits per heavy atom. The number of benzene rings is 1. The lowest BCUT2D eigenvalue weighted by molar-refractivity contribution is 0.387. The number of aromatic nitrogens is 5. The van der Waals surface area contributed by atoms with E-state index < -0.39 is 0 Å². The van der Waals surface area contributed by atoms with Crippen LogP contribution in [0.5, 0.6) is 0 Å². The first-order valence-corrected chi connectivity index (χ1v) is 11.1. The van der Waals surface area contributed by atoms with Crippen molar-refractivity contribution < 1.29 is 0 Å². The van der Waals surface area contributed by atoms with Crippen molar-refractivity contribution in [2.45, 2.75) is 39.3 Å². The van der Waals surface area contributed by atoms with Crippen LogP contribution in [-0.2, 0) is 6.54 Å². The van der Waals surface area contributed by atoms with E-state index in [0.29, 0.717) is 0 Å². The third kappa shape index (κ3) is 4.41. The highest BCUT2D eigenvalue weighted by Crippen LogP contribution is 2.33. The van der Waals surface area contributed by atoms with Crippen LogP contribution in [0.25, 0.3) is 28.1 Å². The van der Waals surface area contributed by atoms with Gasteiger partial charge in [-0.15, -0.1) is 0 Å². The predicted octanol–water partition coefficient (Wildman–Crippen LogP) is 3.97. The Morgan fingerprint density at radius 3 is 2.28 bits per heavy atom. The molecule has 0 saturated heterocycles. The van der Waals surface area contributed by atoms with E-state index in [1.54, 1.807) is 0 Å². The molecule has 3 heterocycles. The number of imidazole rings is 2. The molecule has 0 aliphatic carbocycles. The molecule has 0 spiro atoms. The zero-order valence-electron chi connectivity index (χ0n) is 20.2. The van der Waals surface area contributed by atoms with Crippen molar-refractivity contribution in [3.05, 3.63) is 36.9 Å². The molecule has 0 atom stereocenters. The molecule has 4 aromatic rings. The Labute approximate surface area is 189 Å². The van der Waals surface area contributed by atoms with Gasteiger partial charge in [-0.2, -0.15) is 0 Å². The molecule has 8 heteroatoms. The number of rotatable bonds is 7. The zero-order chi connectivity index (χ0) is 23.0. The van der Waals surface area contributed by atoms with E-state index in [2.05, 4.69) is 78.8 Å². The van der Waals surface area contributed by atoms with Gasteiger partial charge in [0.15, 0.2) is 16.8 Å². The Balaban J connectivity index is 1.82. The number of nitrogens with one attached hydrogen (secondary N) is 1. The SMILES string of the molecule is CN(C)CCCn1cnc2c1ncn1c(NC(C)(C)C)c(-c3ccc(N(C)C)cc3)nc21. The summed E-state index contributed by atoms with van der Waals surface area (Å²) in [6, 6.07) is 8.48. The largest absolute Gasteiger partial charge is 0.378 e. The van der Waals surface area contributed by atoms with E-state index in [9.17, 15) is 0 Å². The first-order valence-electron chi connectivity index (χ1n) is 11.1. The van der Waals surface area contributed by atoms with Gasteiger partial charge in [-0.1, -0.05) is 12.1 Å². The second-order valence-electron chi connectivity index (χ2n) is 9.83. The highest BCUT2D eigenvalue weighted by molar-refractivity contribution is 5.90. The maximum Gasteiger partial charge on any atom is 0.170 e. The lowest BCUT2D eigenvalue weighted by atomic mass is 10.1. The minimum Gasteiger partial charge on any atom is -0.378 e. The molecule has 1 aromatic carbocycles. The molecule has 4 rings (SSSR count). The van der Waals surface area contributed by atoms with E-state index in [-0.39, 0.29) is 5.54 Å². The number of hydrogen-bond acceptors (Lipinski definition) is 6. The molecule has 170 valence electrons. The molecule has 0 amide bonds. The number of fused-ring (bicyclic) bond motifs is 3. The van der Waals surface area contributed by atoms with Gasteiger partial charge in [0.2, 0.25) is 0 Å². The molecule has 0 unspecified atom stereocenters. The number of aryl methyl sites for hydroxylation is 1. The third-order valence-electron chi connectivity index (χ3n) is 5.38. The van der Waals surface area contributed by atoms with Gasteiger partial charge in [0.05, 0.1) is 6.33 Å². The van der Waals surface area contributed by atoms with Crippen LogP contribution in [0.3, 0.4) is 0 Å². The van der Waals surface area contributed by atoms with Crippen LogP contribution >= 0.6 is 0 Å². The Morgan fingerprint density at radius 2 is 1.66 bits per heavy atom. The maximum atomic E-state index is 5.05. The van der Waals surface area contributed by atoms with Gasteiger partial charge in [-0.3, -0.25) is 4.40 Å². The van der Waals surface area contributed by atoms with Crippen LogP contribution in [0.2, 0.25) is 0 Å². The standard InChI is InChI=1S/C24H34N8/c1-24(2,3)28-23-19(17-9-11-18(12-10-17)30(6)7)27-22-20-21(26-16-32(22)23)31(15-25-20)14-8-13-29(4)5/h9-12,15-16,28H,8,13-14H2,1-7H3. The second kappa shape index (κ2) is 8.43. The lowest BCUT2D eigenvalue weighted by Gasteiger charge is -2.22. The first-order chi connectivity index (χ1) is 15.1. The fraction of sp³-hybridized carbons (Fsp3) is 0.458. The minimum absolute atomic E-state index is 0.130. The molecule has 0 aliphatic rings. The van der Waals surface area contributed by atoms with Crippen LogP contribution in [0, 0.1) is 0 Å². The topological polar surface area (TPSA) is 66.5 Å². The smallest absolute Gasteiger partial charge is 0.170 e. The van der Waals surface area contributed by atoms with E-state index >= 15 is 0 Å². The fourth-order valence-corrected chi connectivity index (χ4v) is 3.81. The van der Waals surface area contributed by atoms with E-state index in [0.717, 1.165) is 59.1 Å². The number of hydrogen-bond donors (Lipinski definition) is 1. The van der Waals surface area contributed by atoms with Crippen molar-refractivity contribution in [2.75, 3.05) is 45.0 Å². The summed E-state index contributed by atoms with van der Waals surface area (Å²) in [5.41, 5.74) is 5.51. The summed E-state index contributed by atoms with van der Waals surface area (Å²) < 4.78 is 4.15. The lowest BCUT2D eigenvalue weighted by Crippen LogP contribution is -2.27. The molecule has 0 bridgehead atoms. The highest BCUT2D eigenvalue weighted by Gasteiger charge is 2.22. The van der Waals surface area contributed by atoms with Crippen molar-refractivity contribution in [1.29, 1.82) is 0 Å². The average Bonchev–Trinajstić information content (AvgIpc) is 3.28. The summed E-state index contributed by atoms with van der Waals surface area (Å²) in [7, 11) is 8.27. The molecule has 1 N–H and O–H groups in total. The Hall–Kier alpha value is -3.13. The quantitative estimate of drug-likeness (QED) is 0.475. The molecule has 0 aliphatic heterocycles. The van der Waals surface area contributed by atoms with Crippen LogP contribution in [-0.4, -0.2) is 69.1 Å². The van der Waals surface area contributed by atoms with Crippen molar-refractivity contribution in [2.24, 2.45) is 0 Å². The van der Waals surface area contributed by atoms with Gasteiger partial charge in [-0.05, 0) is 60.0 Å². The number of nitrogens with zero attached hydrogens (tertiary/aromatic N) is 7. The molecule has 8 nitrogen and oxygen atoms in total. The van der Waals surface area contributed by atoms with Crippen molar-refractivity contribution in [3.63, 3.8) is 0 Å². The summed E-state index contributed by atoms with van der Waals surface area (Å²) in [5, 5.41) is 3.64. The first kappa shape index (κ1) is 22.1. The van der Waals surface area contributed by atoms with E-state index in [1.807, 2.05) is 31.2 Å². The second-order valence-corrected chi connectivity index (χ2v) is 9.83. The zero-order valence-corrected chi connectivity index (χ0v) is 20.2. The van der Waals surface area contributed by atoms with E-state index in [4.69, 9.17) is 15.0 Å². The minimum atomic E-state index is -0.130. The normalized spacial score (nSPS) is 12.2. The summed E-state index contributed by atoms with van der Waals surface area (Å²) in [4.78, 5) is 18.8. The highest BCUT2D eigenvalue weighted by atomic mass is 15.2. The van der Waals surface area contributed by atoms with Crippen molar-refractivity contribution in [1.82, 2.24) is 28.8 Å². The van der Waals surface area contributed by atoms with Gasteiger partial charge in [-0.25, -0.2) is 15.0 Å². The Kier molecular flexibility index (Phi) is 5.81. The molecule has 0 radical (unpaired) electrons. The average molecular weight is 435 g/mol. The van der Waals surface area contributed by atoms with Crippen molar-refractivity contribution in [3.8, 4) is 11.3 Å². The van der Waals surface area contributed by atoms with Gasteiger partial charge < -0.3 is 19.7 Å². The van der Waals surface area contributed by atoms with Crippen LogP contribution in [0.1, 0.15) is 27.2 Å². The molecular weight excluding hydrogens is 400 g/mol. The van der Waals surface area contributed by atoms with Gasteiger partial charge in [0, 0.05) is 37.4 Å². The Bertz CT molecular complexity index is 1210. The summed E-state index contributed by atoms with van der Waals surface area (Å²) >= 11 is 0. The molecular formula is C24H34N8. The molecule has 3 aromatic heterocycles. The summed E-state index contributed by atoms with van der Waals surface area (Å²) in [6.45, 7) is 8.35. The fourth-order valence-electron chi connectivity index (χ4n) is 3.81. The van der Waals surface area contributed by atoms with Crippen molar-refractivity contribution >= 4 is 28.3 Å². The monoisotopic (exact) mass is 434 g/mol. The molecule has 0 saturated carbocycles.